The molecule has 0 aliphatic rings. The Labute approximate surface area is 116 Å². The molecule has 0 aliphatic heterocycles. The molecule has 1 aromatic carbocycles. The first-order valence-corrected chi connectivity index (χ1v) is 5.28. The highest BCUT2D eigenvalue weighted by atomic mass is 35.5. The van der Waals surface area contributed by atoms with Crippen molar-refractivity contribution in [3.63, 3.8) is 0 Å². The van der Waals surface area contributed by atoms with Gasteiger partial charge in [-0.05, 0) is 36.4 Å². The van der Waals surface area contributed by atoms with E-state index in [1.807, 2.05) is 0 Å². The Kier molecular flexibility index (Phi) is 5.02. The molecule has 0 radical (unpaired) electrons. The number of halogens is 1. The molecule has 0 spiro atoms. The predicted molar refractivity (Wildman–Crippen MR) is 74.4 cm³/mol. The third-order valence-corrected chi connectivity index (χ3v) is 2.35. The summed E-state index contributed by atoms with van der Waals surface area (Å²) in [5.41, 5.74) is 6.58. The van der Waals surface area contributed by atoms with Gasteiger partial charge in [-0.3, -0.25) is 14.6 Å². The molecule has 3 N–H and O–H groups in total. The van der Waals surface area contributed by atoms with Gasteiger partial charge in [-0.25, -0.2) is 0 Å². The molecule has 1 aromatic heterocycles. The smallest absolute Gasteiger partial charge is 0.257 e. The molecule has 2 aromatic rings. The number of rotatable bonds is 3. The third-order valence-electron chi connectivity index (χ3n) is 2.35. The Morgan fingerprint density at radius 1 is 1.05 bits per heavy atom. The standard InChI is InChI=1S/C13H11N3O2.ClH/c14-12(17)9-3-5-11(6-4-9)16-13(18)10-2-1-7-15-8-10;/h1-8H,(H2,14,17)(H,16,18);1H. The molecule has 0 atom stereocenters. The molecule has 2 amide bonds. The highest BCUT2D eigenvalue weighted by Crippen LogP contribution is 2.10. The van der Waals surface area contributed by atoms with Crippen LogP contribution in [0.1, 0.15) is 20.7 Å². The maximum absolute atomic E-state index is 11.8. The molecule has 0 bridgehead atoms. The molecular formula is C13H12ClN3O2. The van der Waals surface area contributed by atoms with Crippen molar-refractivity contribution in [3.05, 3.63) is 59.9 Å². The van der Waals surface area contributed by atoms with Crippen molar-refractivity contribution < 1.29 is 9.59 Å². The van der Waals surface area contributed by atoms with Crippen LogP contribution in [0.2, 0.25) is 0 Å². The number of nitrogens with zero attached hydrogens (tertiary/aromatic N) is 1. The van der Waals surface area contributed by atoms with Crippen LogP contribution in [0.4, 0.5) is 5.69 Å². The number of hydrogen-bond acceptors (Lipinski definition) is 3. The summed E-state index contributed by atoms with van der Waals surface area (Å²) in [7, 11) is 0. The van der Waals surface area contributed by atoms with Crippen LogP contribution in [-0.2, 0) is 0 Å². The normalized spacial score (nSPS) is 9.26. The number of hydrogen-bond donors (Lipinski definition) is 2. The summed E-state index contributed by atoms with van der Waals surface area (Å²) in [6.07, 6.45) is 3.07. The number of amides is 2. The number of aromatic nitrogens is 1. The van der Waals surface area contributed by atoms with E-state index < -0.39 is 5.91 Å². The minimum Gasteiger partial charge on any atom is -0.366 e. The fraction of sp³-hybridized carbons (Fsp3) is 0. The Balaban J connectivity index is 0.00000180. The Hall–Kier alpha value is -2.40. The van der Waals surface area contributed by atoms with Gasteiger partial charge in [-0.15, -0.1) is 12.4 Å². The molecule has 98 valence electrons. The number of carbonyl (C=O) groups excluding carboxylic acids is 2. The van der Waals surface area contributed by atoms with E-state index in [1.165, 1.54) is 6.20 Å². The van der Waals surface area contributed by atoms with E-state index in [2.05, 4.69) is 10.3 Å². The highest BCUT2D eigenvalue weighted by molar-refractivity contribution is 6.04. The lowest BCUT2D eigenvalue weighted by atomic mass is 10.2. The quantitative estimate of drug-likeness (QED) is 0.898. The van der Waals surface area contributed by atoms with Gasteiger partial charge in [-0.2, -0.15) is 0 Å². The van der Waals surface area contributed by atoms with Crippen molar-refractivity contribution in [3.8, 4) is 0 Å². The zero-order chi connectivity index (χ0) is 13.0. The van der Waals surface area contributed by atoms with Crippen LogP contribution >= 0.6 is 12.4 Å². The summed E-state index contributed by atoms with van der Waals surface area (Å²) in [5, 5.41) is 2.69. The molecule has 5 nitrogen and oxygen atoms in total. The minimum absolute atomic E-state index is 0. The van der Waals surface area contributed by atoms with Gasteiger partial charge >= 0.3 is 0 Å². The summed E-state index contributed by atoms with van der Waals surface area (Å²) >= 11 is 0. The van der Waals surface area contributed by atoms with E-state index in [1.54, 1.807) is 42.6 Å². The number of benzene rings is 1. The number of pyridine rings is 1. The van der Waals surface area contributed by atoms with Gasteiger partial charge in [0.05, 0.1) is 5.56 Å². The van der Waals surface area contributed by atoms with Crippen molar-refractivity contribution in [2.45, 2.75) is 0 Å². The SMILES string of the molecule is Cl.NC(=O)c1ccc(NC(=O)c2cccnc2)cc1. The average molecular weight is 278 g/mol. The predicted octanol–water partition coefficient (Wildman–Crippen LogP) is 1.85. The molecule has 0 unspecified atom stereocenters. The topological polar surface area (TPSA) is 85.1 Å². The monoisotopic (exact) mass is 277 g/mol. The average Bonchev–Trinajstić information content (AvgIpc) is 2.40. The van der Waals surface area contributed by atoms with Gasteiger partial charge in [0.15, 0.2) is 0 Å². The van der Waals surface area contributed by atoms with Crippen LogP contribution in [0.25, 0.3) is 0 Å². The molecule has 19 heavy (non-hydrogen) atoms. The largest absolute Gasteiger partial charge is 0.366 e. The van der Waals surface area contributed by atoms with E-state index in [9.17, 15) is 9.59 Å². The molecule has 0 saturated carbocycles. The summed E-state index contributed by atoms with van der Waals surface area (Å²) in [6, 6.07) is 9.70. The lowest BCUT2D eigenvalue weighted by molar-refractivity contribution is 0.0998. The van der Waals surface area contributed by atoms with E-state index >= 15 is 0 Å². The zero-order valence-corrected chi connectivity index (χ0v) is 10.7. The second-order valence-electron chi connectivity index (χ2n) is 3.64. The van der Waals surface area contributed by atoms with Gasteiger partial charge in [-0.1, -0.05) is 0 Å². The van der Waals surface area contributed by atoms with Crippen LogP contribution in [0.5, 0.6) is 0 Å². The second-order valence-corrected chi connectivity index (χ2v) is 3.64. The maximum atomic E-state index is 11.8. The van der Waals surface area contributed by atoms with Crippen LogP contribution in [-0.4, -0.2) is 16.8 Å². The molecule has 0 saturated heterocycles. The highest BCUT2D eigenvalue weighted by Gasteiger charge is 2.06. The molecule has 0 aliphatic carbocycles. The third kappa shape index (κ3) is 3.79. The number of carbonyl (C=O) groups is 2. The maximum Gasteiger partial charge on any atom is 0.257 e. The van der Waals surface area contributed by atoms with Gasteiger partial charge < -0.3 is 11.1 Å². The second kappa shape index (κ2) is 6.51. The van der Waals surface area contributed by atoms with E-state index in [4.69, 9.17) is 5.73 Å². The molecule has 6 heteroatoms. The van der Waals surface area contributed by atoms with Crippen LogP contribution in [0.3, 0.4) is 0 Å². The lowest BCUT2D eigenvalue weighted by Crippen LogP contribution is -2.13. The van der Waals surface area contributed by atoms with Crippen LogP contribution < -0.4 is 11.1 Å². The van der Waals surface area contributed by atoms with Crippen molar-refractivity contribution in [2.75, 3.05) is 5.32 Å². The fourth-order valence-electron chi connectivity index (χ4n) is 1.42. The number of anilines is 1. The zero-order valence-electron chi connectivity index (χ0n) is 9.87. The van der Waals surface area contributed by atoms with Gasteiger partial charge in [0.1, 0.15) is 0 Å². The van der Waals surface area contributed by atoms with E-state index in [0.717, 1.165) is 0 Å². The van der Waals surface area contributed by atoms with Crippen molar-refractivity contribution in [1.29, 1.82) is 0 Å². The number of nitrogens with two attached hydrogens (primary N) is 1. The van der Waals surface area contributed by atoms with Gasteiger partial charge in [0.2, 0.25) is 5.91 Å². The molecular weight excluding hydrogens is 266 g/mol. The van der Waals surface area contributed by atoms with Gasteiger partial charge in [0, 0.05) is 23.6 Å². The van der Waals surface area contributed by atoms with Crippen molar-refractivity contribution in [2.24, 2.45) is 5.73 Å². The first-order chi connectivity index (χ1) is 8.66. The summed E-state index contributed by atoms with van der Waals surface area (Å²) in [6.45, 7) is 0. The van der Waals surface area contributed by atoms with Crippen LogP contribution in [0, 0.1) is 0 Å². The number of nitrogens with one attached hydrogen (secondary N) is 1. The first kappa shape index (κ1) is 14.7. The van der Waals surface area contributed by atoms with Crippen molar-refractivity contribution in [1.82, 2.24) is 4.98 Å². The Morgan fingerprint density at radius 2 is 1.74 bits per heavy atom. The Morgan fingerprint density at radius 3 is 2.26 bits per heavy atom. The lowest BCUT2D eigenvalue weighted by Gasteiger charge is -2.05. The molecule has 0 fully saturated rings. The fourth-order valence-corrected chi connectivity index (χ4v) is 1.42. The molecule has 2 rings (SSSR count). The minimum atomic E-state index is -0.500. The van der Waals surface area contributed by atoms with Crippen molar-refractivity contribution >= 4 is 29.9 Å². The molecule has 1 heterocycles. The Bertz CT molecular complexity index is 570. The summed E-state index contributed by atoms with van der Waals surface area (Å²) < 4.78 is 0. The first-order valence-electron chi connectivity index (χ1n) is 5.28. The summed E-state index contributed by atoms with van der Waals surface area (Å²) in [4.78, 5) is 26.5. The van der Waals surface area contributed by atoms with E-state index in [0.29, 0.717) is 16.8 Å². The van der Waals surface area contributed by atoms with Crippen LogP contribution in [0.15, 0.2) is 48.8 Å². The summed E-state index contributed by atoms with van der Waals surface area (Å²) in [5.74, 6) is -0.755. The van der Waals surface area contributed by atoms with Gasteiger partial charge in [0.25, 0.3) is 5.91 Å². The van der Waals surface area contributed by atoms with E-state index in [-0.39, 0.29) is 18.3 Å². The number of primary amides is 1.